The molecule has 0 aromatic rings. The van der Waals surface area contributed by atoms with Gasteiger partial charge in [-0.15, -0.1) is 0 Å². The van der Waals surface area contributed by atoms with E-state index >= 15 is 0 Å². The molecule has 0 aromatic carbocycles. The van der Waals surface area contributed by atoms with Gasteiger partial charge in [-0.3, -0.25) is 0 Å². The van der Waals surface area contributed by atoms with Crippen LogP contribution in [-0.2, 0) is 21.7 Å². The Morgan fingerprint density at radius 1 is 0.583 bits per heavy atom. The molecule has 6 heteroatoms. The number of hydrogen-bond acceptors (Lipinski definition) is 4. The van der Waals surface area contributed by atoms with E-state index in [1.54, 1.807) is 20.8 Å². The van der Waals surface area contributed by atoms with Gasteiger partial charge in [0.15, 0.2) is 8.32 Å². The van der Waals surface area contributed by atoms with Gasteiger partial charge in [0.05, 0.1) is 18.3 Å². The quantitative estimate of drug-likeness (QED) is 0.499. The van der Waals surface area contributed by atoms with Gasteiger partial charge in [-0.2, -0.15) is 0 Å². The predicted molar refractivity (Wildman–Crippen MR) is 105 cm³/mol. The monoisotopic (exact) mass is 402 g/mol. The van der Waals surface area contributed by atoms with Gasteiger partial charge in [-0.25, -0.2) is 0 Å². The molecule has 0 aliphatic carbocycles. The predicted octanol–water partition coefficient (Wildman–Crippen LogP) is 4.31. The summed E-state index contributed by atoms with van der Waals surface area (Å²) < 4.78 is 0. The molecule has 150 valence electrons. The third-order valence-corrected chi connectivity index (χ3v) is 7.70. The summed E-state index contributed by atoms with van der Waals surface area (Å²) in [5.74, 6) is 0. The van der Waals surface area contributed by atoms with Crippen LogP contribution in [-0.4, -0.2) is 46.7 Å². The molecule has 0 fully saturated rings. The van der Waals surface area contributed by atoms with E-state index in [0.717, 1.165) is 37.4 Å². The molecule has 0 amide bonds. The SMILES string of the molecule is CCC(C)O.CCC(C)O.CCC(C)O.CC[Si](O)(CC)CC.[Ti]. The summed E-state index contributed by atoms with van der Waals surface area (Å²) in [5.41, 5.74) is 0. The molecule has 3 atom stereocenters. The fraction of sp³-hybridized carbons (Fsp3) is 1.00. The molecular formula is C18H46O4SiTi. The summed E-state index contributed by atoms with van der Waals surface area (Å²) in [6.45, 7) is 17.4. The molecule has 0 aromatic heterocycles. The van der Waals surface area contributed by atoms with Crippen molar-refractivity contribution in [3.8, 4) is 0 Å². The summed E-state index contributed by atoms with van der Waals surface area (Å²) >= 11 is 0. The third kappa shape index (κ3) is 43.4. The van der Waals surface area contributed by atoms with Gasteiger partial charge in [0.1, 0.15) is 0 Å². The normalized spacial score (nSPS) is 13.4. The van der Waals surface area contributed by atoms with Crippen LogP contribution in [0.5, 0.6) is 0 Å². The Kier molecular flexibility index (Phi) is 38.8. The van der Waals surface area contributed by atoms with Gasteiger partial charge in [-0.1, -0.05) is 41.5 Å². The van der Waals surface area contributed by atoms with Crippen molar-refractivity contribution in [1.82, 2.24) is 0 Å². The van der Waals surface area contributed by atoms with Crippen molar-refractivity contribution in [2.45, 2.75) is 118 Å². The number of rotatable bonds is 6. The smallest absolute Gasteiger partial charge is 0.187 e. The zero-order chi connectivity index (χ0) is 19.5. The van der Waals surface area contributed by atoms with Gasteiger partial charge < -0.3 is 20.1 Å². The second kappa shape index (κ2) is 26.0. The van der Waals surface area contributed by atoms with Crippen molar-refractivity contribution >= 4 is 8.32 Å². The van der Waals surface area contributed by atoms with Gasteiger partial charge in [0, 0.05) is 21.7 Å². The molecule has 0 saturated heterocycles. The van der Waals surface area contributed by atoms with Crippen LogP contribution >= 0.6 is 0 Å². The van der Waals surface area contributed by atoms with Crippen molar-refractivity contribution in [1.29, 1.82) is 0 Å². The largest absolute Gasteiger partial charge is 0.432 e. The van der Waals surface area contributed by atoms with Gasteiger partial charge in [0.25, 0.3) is 0 Å². The first-order valence-corrected chi connectivity index (χ1v) is 11.8. The molecule has 4 nitrogen and oxygen atoms in total. The van der Waals surface area contributed by atoms with E-state index in [-0.39, 0.29) is 40.0 Å². The zero-order valence-electron chi connectivity index (χ0n) is 17.8. The minimum Gasteiger partial charge on any atom is -0.432 e. The second-order valence-electron chi connectivity index (χ2n) is 6.06. The fourth-order valence-electron chi connectivity index (χ4n) is 0.750. The molecule has 0 spiro atoms. The summed E-state index contributed by atoms with van der Waals surface area (Å²) in [6.07, 6.45) is 2.24. The van der Waals surface area contributed by atoms with Crippen molar-refractivity contribution < 1.29 is 41.8 Å². The van der Waals surface area contributed by atoms with E-state index in [1.165, 1.54) is 0 Å². The molecule has 24 heavy (non-hydrogen) atoms. The molecule has 0 aliphatic heterocycles. The fourth-order valence-corrected chi connectivity index (χ4v) is 2.25. The Balaban J connectivity index is -0.0000000677. The van der Waals surface area contributed by atoms with E-state index < -0.39 is 8.32 Å². The maximum absolute atomic E-state index is 9.58. The van der Waals surface area contributed by atoms with Gasteiger partial charge in [0.2, 0.25) is 0 Å². The third-order valence-electron chi connectivity index (χ3n) is 3.75. The standard InChI is InChI=1S/C6H16OSi.3C4H10O.Ti/c1-4-8(7,5-2)6-3;3*1-3-4(2)5;/h7H,4-6H2,1-3H3;3*4-5H,3H2,1-2H3;. The first-order chi connectivity index (χ1) is 10.5. The topological polar surface area (TPSA) is 80.9 Å². The maximum atomic E-state index is 9.58. The van der Waals surface area contributed by atoms with E-state index in [4.69, 9.17) is 15.3 Å². The summed E-state index contributed by atoms with van der Waals surface area (Å²) in [7, 11) is -1.67. The number of aliphatic hydroxyl groups is 3. The molecule has 0 heterocycles. The maximum Gasteiger partial charge on any atom is 0.187 e. The van der Waals surface area contributed by atoms with E-state index in [9.17, 15) is 4.80 Å². The van der Waals surface area contributed by atoms with Crippen LogP contribution in [0.1, 0.15) is 81.6 Å². The average molecular weight is 403 g/mol. The summed E-state index contributed by atoms with van der Waals surface area (Å²) in [4.78, 5) is 9.58. The Labute approximate surface area is 168 Å². The Hall–Kier alpha value is 0.771. The zero-order valence-corrected chi connectivity index (χ0v) is 20.3. The van der Waals surface area contributed by atoms with Crippen molar-refractivity contribution in [3.05, 3.63) is 0 Å². The summed E-state index contributed by atoms with van der Waals surface area (Å²) in [6, 6.07) is 3.04. The molecular weight excluding hydrogens is 356 g/mol. The van der Waals surface area contributed by atoms with Crippen LogP contribution in [0.3, 0.4) is 0 Å². The van der Waals surface area contributed by atoms with Crippen LogP contribution in [0.15, 0.2) is 0 Å². The van der Waals surface area contributed by atoms with Gasteiger partial charge >= 0.3 is 0 Å². The molecule has 0 saturated carbocycles. The van der Waals surface area contributed by atoms with E-state index in [2.05, 4.69) is 20.8 Å². The molecule has 0 bridgehead atoms. The van der Waals surface area contributed by atoms with Crippen LogP contribution in [0.25, 0.3) is 0 Å². The van der Waals surface area contributed by atoms with Crippen LogP contribution in [0, 0.1) is 0 Å². The number of hydrogen-bond donors (Lipinski definition) is 4. The molecule has 3 unspecified atom stereocenters. The van der Waals surface area contributed by atoms with E-state index in [0.29, 0.717) is 0 Å². The van der Waals surface area contributed by atoms with Crippen LogP contribution in [0.2, 0.25) is 18.1 Å². The summed E-state index contributed by atoms with van der Waals surface area (Å²) in [5, 5.41) is 25.1. The van der Waals surface area contributed by atoms with Gasteiger partial charge in [-0.05, 0) is 58.2 Å². The Bertz CT molecular complexity index is 172. The van der Waals surface area contributed by atoms with Crippen molar-refractivity contribution in [2.24, 2.45) is 0 Å². The molecule has 0 rings (SSSR count). The van der Waals surface area contributed by atoms with Crippen LogP contribution in [0.4, 0.5) is 0 Å². The minimum atomic E-state index is -1.67. The Morgan fingerprint density at radius 3 is 0.708 bits per heavy atom. The van der Waals surface area contributed by atoms with Crippen LogP contribution < -0.4 is 0 Å². The second-order valence-corrected chi connectivity index (χ2v) is 10.6. The van der Waals surface area contributed by atoms with Crippen molar-refractivity contribution in [3.63, 3.8) is 0 Å². The molecule has 4 N–H and O–H groups in total. The average Bonchev–Trinajstić information content (AvgIpc) is 2.55. The van der Waals surface area contributed by atoms with Crippen molar-refractivity contribution in [2.75, 3.05) is 0 Å². The number of aliphatic hydroxyl groups excluding tert-OH is 3. The molecule has 0 aliphatic rings. The first-order valence-electron chi connectivity index (χ1n) is 9.26. The minimum absolute atomic E-state index is 0. The Morgan fingerprint density at radius 2 is 0.708 bits per heavy atom. The van der Waals surface area contributed by atoms with E-state index in [1.807, 2.05) is 20.8 Å². The molecule has 0 radical (unpaired) electrons. The first kappa shape index (κ1) is 35.8.